The second kappa shape index (κ2) is 5.67. The van der Waals surface area contributed by atoms with Crippen LogP contribution >= 0.6 is 0 Å². The molecular formula is C18H25N3O. The molecular weight excluding hydrogens is 274 g/mol. The normalized spacial score (nSPS) is 25.8. The summed E-state index contributed by atoms with van der Waals surface area (Å²) in [6, 6.07) is 6.38. The van der Waals surface area contributed by atoms with Crippen molar-refractivity contribution in [2.75, 3.05) is 13.1 Å². The van der Waals surface area contributed by atoms with Crippen LogP contribution in [0, 0.1) is 0 Å². The summed E-state index contributed by atoms with van der Waals surface area (Å²) in [6.07, 6.45) is 10.7. The quantitative estimate of drug-likeness (QED) is 0.852. The smallest absolute Gasteiger partial charge is 0.136 e. The minimum atomic E-state index is 0.110. The topological polar surface area (TPSA) is 29.8 Å². The van der Waals surface area contributed by atoms with Crippen LogP contribution in [0.25, 0.3) is 5.65 Å². The molecule has 4 rings (SSSR count). The summed E-state index contributed by atoms with van der Waals surface area (Å²) in [6.45, 7) is 5.29. The Morgan fingerprint density at radius 1 is 1.27 bits per heavy atom. The summed E-state index contributed by atoms with van der Waals surface area (Å²) in [5.41, 5.74) is 2.46. The van der Waals surface area contributed by atoms with Gasteiger partial charge >= 0.3 is 0 Å². The summed E-state index contributed by atoms with van der Waals surface area (Å²) < 4.78 is 8.60. The molecule has 1 atom stereocenters. The third-order valence-electron chi connectivity index (χ3n) is 5.14. The first-order valence-electron chi connectivity index (χ1n) is 8.55. The van der Waals surface area contributed by atoms with Gasteiger partial charge < -0.3 is 9.14 Å². The van der Waals surface area contributed by atoms with Crippen molar-refractivity contribution in [1.82, 2.24) is 14.3 Å². The Hall–Kier alpha value is -1.39. The van der Waals surface area contributed by atoms with Crippen LogP contribution in [-0.4, -0.2) is 39.1 Å². The number of hydrogen-bond donors (Lipinski definition) is 0. The van der Waals surface area contributed by atoms with Crippen LogP contribution in [-0.2, 0) is 11.3 Å². The largest absolute Gasteiger partial charge is 0.369 e. The molecule has 2 fully saturated rings. The van der Waals surface area contributed by atoms with Crippen molar-refractivity contribution in [3.8, 4) is 0 Å². The van der Waals surface area contributed by atoms with Crippen LogP contribution < -0.4 is 0 Å². The third-order valence-corrected chi connectivity index (χ3v) is 5.14. The number of rotatable bonds is 2. The van der Waals surface area contributed by atoms with Gasteiger partial charge in [0.25, 0.3) is 0 Å². The Morgan fingerprint density at radius 2 is 2.14 bits per heavy atom. The van der Waals surface area contributed by atoms with Gasteiger partial charge in [0.15, 0.2) is 0 Å². The molecule has 2 aliphatic rings. The SMILES string of the molecule is CC1CN(Cc2cccc3nccn23)CC2(CCCCC2)O1. The zero-order valence-electron chi connectivity index (χ0n) is 13.4. The average molecular weight is 299 g/mol. The van der Waals surface area contributed by atoms with Gasteiger partial charge in [-0.05, 0) is 31.9 Å². The fourth-order valence-electron chi connectivity index (χ4n) is 4.29. The fourth-order valence-corrected chi connectivity index (χ4v) is 4.29. The van der Waals surface area contributed by atoms with Crippen molar-refractivity contribution in [2.24, 2.45) is 0 Å². The summed E-state index contributed by atoms with van der Waals surface area (Å²) in [4.78, 5) is 6.97. The molecule has 0 radical (unpaired) electrons. The van der Waals surface area contributed by atoms with E-state index in [2.05, 4.69) is 45.6 Å². The molecule has 22 heavy (non-hydrogen) atoms. The van der Waals surface area contributed by atoms with E-state index in [4.69, 9.17) is 4.74 Å². The van der Waals surface area contributed by atoms with Gasteiger partial charge in [0.05, 0.1) is 11.7 Å². The Morgan fingerprint density at radius 3 is 3.00 bits per heavy atom. The predicted octanol–water partition coefficient (Wildman–Crippen LogP) is 3.26. The van der Waals surface area contributed by atoms with E-state index in [-0.39, 0.29) is 5.60 Å². The predicted molar refractivity (Wildman–Crippen MR) is 86.8 cm³/mol. The molecule has 0 aromatic carbocycles. The van der Waals surface area contributed by atoms with Crippen molar-refractivity contribution in [1.29, 1.82) is 0 Å². The Bertz CT molecular complexity index is 645. The van der Waals surface area contributed by atoms with Crippen LogP contribution in [0.15, 0.2) is 30.6 Å². The highest BCUT2D eigenvalue weighted by Gasteiger charge is 2.40. The van der Waals surface area contributed by atoms with Gasteiger partial charge in [0.2, 0.25) is 0 Å². The maximum Gasteiger partial charge on any atom is 0.136 e. The first kappa shape index (κ1) is 14.2. The molecule has 4 heteroatoms. The number of imidazole rings is 1. The van der Waals surface area contributed by atoms with Gasteiger partial charge in [-0.2, -0.15) is 0 Å². The lowest BCUT2D eigenvalue weighted by Crippen LogP contribution is -2.55. The zero-order valence-corrected chi connectivity index (χ0v) is 13.4. The minimum absolute atomic E-state index is 0.110. The standard InChI is InChI=1S/C18H25N3O/c1-15-12-20(14-18(22-15)8-3-2-4-9-18)13-16-6-5-7-17-19-10-11-21(16)17/h5-7,10-11,15H,2-4,8-9,12-14H2,1H3. The lowest BCUT2D eigenvalue weighted by Gasteiger charge is -2.47. The van der Waals surface area contributed by atoms with Gasteiger partial charge in [-0.25, -0.2) is 4.98 Å². The minimum Gasteiger partial charge on any atom is -0.369 e. The monoisotopic (exact) mass is 299 g/mol. The highest BCUT2D eigenvalue weighted by atomic mass is 16.5. The number of morpholine rings is 1. The molecule has 3 heterocycles. The van der Waals surface area contributed by atoms with E-state index in [1.54, 1.807) is 0 Å². The van der Waals surface area contributed by atoms with E-state index in [0.29, 0.717) is 6.10 Å². The van der Waals surface area contributed by atoms with Crippen LogP contribution in [0.3, 0.4) is 0 Å². The number of ether oxygens (including phenoxy) is 1. The number of pyridine rings is 1. The zero-order chi connectivity index (χ0) is 15.0. The molecule has 1 unspecified atom stereocenters. The van der Waals surface area contributed by atoms with Crippen LogP contribution in [0.5, 0.6) is 0 Å². The summed E-state index contributed by atoms with van der Waals surface area (Å²) in [5, 5.41) is 0. The molecule has 0 bridgehead atoms. The molecule has 2 aromatic heterocycles. The highest BCUT2D eigenvalue weighted by molar-refractivity contribution is 5.39. The molecule has 0 N–H and O–H groups in total. The molecule has 4 nitrogen and oxygen atoms in total. The van der Waals surface area contributed by atoms with Crippen LogP contribution in [0.1, 0.15) is 44.7 Å². The van der Waals surface area contributed by atoms with Gasteiger partial charge in [-0.1, -0.05) is 25.3 Å². The third kappa shape index (κ3) is 2.66. The molecule has 0 amide bonds. The number of nitrogens with zero attached hydrogens (tertiary/aromatic N) is 3. The fraction of sp³-hybridized carbons (Fsp3) is 0.611. The van der Waals surface area contributed by atoms with Crippen molar-refractivity contribution in [3.63, 3.8) is 0 Å². The van der Waals surface area contributed by atoms with E-state index in [1.165, 1.54) is 37.8 Å². The van der Waals surface area contributed by atoms with Crippen molar-refractivity contribution in [3.05, 3.63) is 36.3 Å². The van der Waals surface area contributed by atoms with Crippen LogP contribution in [0.4, 0.5) is 0 Å². The first-order chi connectivity index (χ1) is 10.7. The average Bonchev–Trinajstić information content (AvgIpc) is 2.96. The number of aromatic nitrogens is 2. The lowest BCUT2D eigenvalue weighted by atomic mass is 9.83. The summed E-state index contributed by atoms with van der Waals surface area (Å²) in [5.74, 6) is 0. The summed E-state index contributed by atoms with van der Waals surface area (Å²) in [7, 11) is 0. The van der Waals surface area contributed by atoms with E-state index >= 15 is 0 Å². The first-order valence-corrected chi connectivity index (χ1v) is 8.55. The van der Waals surface area contributed by atoms with Gasteiger partial charge in [-0.3, -0.25) is 4.90 Å². The molecule has 1 aliphatic heterocycles. The van der Waals surface area contributed by atoms with Gasteiger partial charge in [0.1, 0.15) is 5.65 Å². The maximum atomic E-state index is 6.39. The van der Waals surface area contributed by atoms with E-state index in [9.17, 15) is 0 Å². The maximum absolute atomic E-state index is 6.39. The van der Waals surface area contributed by atoms with Crippen LogP contribution in [0.2, 0.25) is 0 Å². The Kier molecular flexibility index (Phi) is 3.66. The molecule has 118 valence electrons. The van der Waals surface area contributed by atoms with E-state index in [0.717, 1.165) is 25.3 Å². The molecule has 2 aromatic rings. The summed E-state index contributed by atoms with van der Waals surface area (Å²) >= 11 is 0. The Balaban J connectivity index is 1.55. The van der Waals surface area contributed by atoms with Gasteiger partial charge in [0, 0.05) is 37.7 Å². The Labute approximate surface area is 132 Å². The van der Waals surface area contributed by atoms with Crippen molar-refractivity contribution in [2.45, 2.75) is 57.3 Å². The van der Waals surface area contributed by atoms with E-state index in [1.807, 2.05) is 6.20 Å². The number of hydrogen-bond acceptors (Lipinski definition) is 3. The molecule has 1 spiro atoms. The van der Waals surface area contributed by atoms with Gasteiger partial charge in [-0.15, -0.1) is 0 Å². The molecule has 1 saturated carbocycles. The van der Waals surface area contributed by atoms with Crippen molar-refractivity contribution >= 4 is 5.65 Å². The second-order valence-electron chi connectivity index (χ2n) is 7.01. The van der Waals surface area contributed by atoms with Crippen molar-refractivity contribution < 1.29 is 4.74 Å². The molecule has 1 aliphatic carbocycles. The highest BCUT2D eigenvalue weighted by Crippen LogP contribution is 2.36. The molecule has 1 saturated heterocycles. The number of fused-ring (bicyclic) bond motifs is 1. The second-order valence-corrected chi connectivity index (χ2v) is 7.01. The van der Waals surface area contributed by atoms with E-state index < -0.39 is 0 Å². The lowest BCUT2D eigenvalue weighted by molar-refractivity contribution is -0.165.